The van der Waals surface area contributed by atoms with E-state index >= 15 is 0 Å². The van der Waals surface area contributed by atoms with Crippen molar-refractivity contribution in [2.45, 2.75) is 64.1 Å². The van der Waals surface area contributed by atoms with Crippen LogP contribution >= 0.6 is 15.9 Å². The number of nitrogens with one attached hydrogen (secondary N) is 1. The average molecular weight is 565 g/mol. The van der Waals surface area contributed by atoms with Crippen molar-refractivity contribution in [3.63, 3.8) is 0 Å². The predicted molar refractivity (Wildman–Crippen MR) is 142 cm³/mol. The van der Waals surface area contributed by atoms with Crippen LogP contribution in [0.3, 0.4) is 0 Å². The molecule has 0 aromatic heterocycles. The maximum absolute atomic E-state index is 13.3. The van der Waals surface area contributed by atoms with Crippen LogP contribution in [0.4, 0.5) is 5.69 Å². The second kappa shape index (κ2) is 12.5. The van der Waals surface area contributed by atoms with Gasteiger partial charge in [0, 0.05) is 30.0 Å². The number of carbonyl (C=O) groups is 2. The van der Waals surface area contributed by atoms with Gasteiger partial charge in [-0.2, -0.15) is 0 Å². The summed E-state index contributed by atoms with van der Waals surface area (Å²) in [5, 5.41) is 3.10. The van der Waals surface area contributed by atoms with Crippen LogP contribution in [0.5, 0.6) is 0 Å². The van der Waals surface area contributed by atoms with Crippen molar-refractivity contribution in [2.24, 2.45) is 0 Å². The number of rotatable bonds is 11. The number of hydrogen-bond acceptors (Lipinski definition) is 4. The molecular formula is C26H34BrN3O4S. The van der Waals surface area contributed by atoms with Gasteiger partial charge in [-0.1, -0.05) is 59.1 Å². The molecule has 0 heterocycles. The highest BCUT2D eigenvalue weighted by Gasteiger charge is 2.28. The van der Waals surface area contributed by atoms with E-state index in [1.54, 1.807) is 36.1 Å². The summed E-state index contributed by atoms with van der Waals surface area (Å²) in [6.07, 6.45) is 5.81. The van der Waals surface area contributed by atoms with Crippen LogP contribution in [0.2, 0.25) is 0 Å². The van der Waals surface area contributed by atoms with Crippen LogP contribution in [0.25, 0.3) is 0 Å². The zero-order valence-electron chi connectivity index (χ0n) is 20.3. The first-order chi connectivity index (χ1) is 16.6. The van der Waals surface area contributed by atoms with E-state index in [1.807, 2.05) is 30.3 Å². The minimum Gasteiger partial charge on any atom is -0.352 e. The first-order valence-electron chi connectivity index (χ1n) is 12.0. The van der Waals surface area contributed by atoms with Crippen LogP contribution < -0.4 is 9.62 Å². The van der Waals surface area contributed by atoms with Crippen molar-refractivity contribution >= 4 is 43.5 Å². The zero-order chi connectivity index (χ0) is 25.4. The third kappa shape index (κ3) is 8.07. The highest BCUT2D eigenvalue weighted by Crippen LogP contribution is 2.21. The predicted octanol–water partition coefficient (Wildman–Crippen LogP) is 4.47. The largest absolute Gasteiger partial charge is 0.352 e. The van der Waals surface area contributed by atoms with Gasteiger partial charge in [-0.3, -0.25) is 13.9 Å². The highest BCUT2D eigenvalue weighted by atomic mass is 79.9. The van der Waals surface area contributed by atoms with E-state index in [-0.39, 0.29) is 30.8 Å². The zero-order valence-corrected chi connectivity index (χ0v) is 22.7. The van der Waals surface area contributed by atoms with Crippen LogP contribution in [0.1, 0.15) is 51.0 Å². The lowest BCUT2D eigenvalue weighted by molar-refractivity contribution is -0.141. The molecule has 7 nitrogen and oxygen atoms in total. The van der Waals surface area contributed by atoms with Crippen LogP contribution in [0, 0.1) is 0 Å². The summed E-state index contributed by atoms with van der Waals surface area (Å²) < 4.78 is 26.9. The Labute approximate surface area is 217 Å². The molecule has 1 aliphatic rings. The van der Waals surface area contributed by atoms with Gasteiger partial charge >= 0.3 is 0 Å². The number of benzene rings is 2. The molecule has 1 aliphatic carbocycles. The molecule has 0 spiro atoms. The van der Waals surface area contributed by atoms with E-state index in [4.69, 9.17) is 0 Å². The Balaban J connectivity index is 1.69. The molecule has 0 radical (unpaired) electrons. The fraction of sp³-hybridized carbons (Fsp3) is 0.462. The van der Waals surface area contributed by atoms with Gasteiger partial charge < -0.3 is 10.2 Å². The third-order valence-electron chi connectivity index (χ3n) is 6.33. The maximum atomic E-state index is 13.3. The monoisotopic (exact) mass is 563 g/mol. The molecule has 0 saturated heterocycles. The normalized spacial score (nSPS) is 14.9. The lowest BCUT2D eigenvalue weighted by Gasteiger charge is -2.30. The summed E-state index contributed by atoms with van der Waals surface area (Å²) in [5.74, 6) is -0.326. The number of amides is 2. The van der Waals surface area contributed by atoms with Gasteiger partial charge in [0.2, 0.25) is 21.8 Å². The number of para-hydroxylation sites is 1. The lowest BCUT2D eigenvalue weighted by atomic mass is 10.1. The standard InChI is InChI=1S/C26H34BrN3O4S/c1-20(26(32)28-23-9-6-7-10-23)29(19-21-14-16-22(27)17-15-21)25(31)13-8-18-30(35(2,33)34)24-11-4-3-5-12-24/h3-5,11-12,14-17,20,23H,6-10,13,18-19H2,1-2H3,(H,28,32). The molecule has 2 aromatic rings. The van der Waals surface area contributed by atoms with E-state index in [0.717, 1.165) is 42.0 Å². The maximum Gasteiger partial charge on any atom is 0.242 e. The van der Waals surface area contributed by atoms with E-state index in [1.165, 1.54) is 4.31 Å². The van der Waals surface area contributed by atoms with Gasteiger partial charge in [0.25, 0.3) is 0 Å². The van der Waals surface area contributed by atoms with Gasteiger partial charge in [0.05, 0.1) is 11.9 Å². The minimum absolute atomic E-state index is 0.135. The average Bonchev–Trinajstić information content (AvgIpc) is 3.33. The smallest absolute Gasteiger partial charge is 0.242 e. The summed E-state index contributed by atoms with van der Waals surface area (Å²) in [5.41, 5.74) is 1.49. The van der Waals surface area contributed by atoms with Crippen molar-refractivity contribution in [1.82, 2.24) is 10.2 Å². The van der Waals surface area contributed by atoms with E-state index in [0.29, 0.717) is 18.7 Å². The van der Waals surface area contributed by atoms with Crippen molar-refractivity contribution in [2.75, 3.05) is 17.1 Å². The quantitative estimate of drug-likeness (QED) is 0.437. The molecule has 3 rings (SSSR count). The number of carbonyl (C=O) groups excluding carboxylic acids is 2. The third-order valence-corrected chi connectivity index (χ3v) is 8.05. The fourth-order valence-electron chi connectivity index (χ4n) is 4.36. The van der Waals surface area contributed by atoms with Crippen LogP contribution in [-0.4, -0.2) is 50.0 Å². The Morgan fingerprint density at radius 3 is 2.29 bits per heavy atom. The molecule has 0 bridgehead atoms. The Hall–Kier alpha value is -2.39. The van der Waals surface area contributed by atoms with Crippen molar-refractivity contribution in [1.29, 1.82) is 0 Å². The van der Waals surface area contributed by atoms with E-state index < -0.39 is 16.1 Å². The molecule has 190 valence electrons. The first kappa shape index (κ1) is 27.2. The summed E-state index contributed by atoms with van der Waals surface area (Å²) in [4.78, 5) is 27.9. The number of sulfonamides is 1. The number of hydrogen-bond donors (Lipinski definition) is 1. The highest BCUT2D eigenvalue weighted by molar-refractivity contribution is 9.10. The molecule has 9 heteroatoms. The molecule has 1 atom stereocenters. The SMILES string of the molecule is CC(C(=O)NC1CCCC1)N(Cc1ccc(Br)cc1)C(=O)CCCN(c1ccccc1)S(C)(=O)=O. The van der Waals surface area contributed by atoms with Crippen molar-refractivity contribution in [3.05, 3.63) is 64.6 Å². The van der Waals surface area contributed by atoms with Crippen LogP contribution in [0.15, 0.2) is 59.1 Å². The molecule has 1 fully saturated rings. The summed E-state index contributed by atoms with van der Waals surface area (Å²) in [6, 6.07) is 16.1. The van der Waals surface area contributed by atoms with Crippen LogP contribution in [-0.2, 0) is 26.2 Å². The number of nitrogens with zero attached hydrogens (tertiary/aromatic N) is 2. The van der Waals surface area contributed by atoms with Gasteiger partial charge in [-0.05, 0) is 56.0 Å². The molecule has 0 aliphatic heterocycles. The number of anilines is 1. The summed E-state index contributed by atoms with van der Waals surface area (Å²) in [7, 11) is -3.49. The molecule has 1 N–H and O–H groups in total. The first-order valence-corrected chi connectivity index (χ1v) is 14.7. The summed E-state index contributed by atoms with van der Waals surface area (Å²) in [6.45, 7) is 2.25. The van der Waals surface area contributed by atoms with Crippen molar-refractivity contribution in [3.8, 4) is 0 Å². The Morgan fingerprint density at radius 2 is 1.69 bits per heavy atom. The topological polar surface area (TPSA) is 86.8 Å². The molecule has 1 unspecified atom stereocenters. The van der Waals surface area contributed by atoms with Crippen molar-refractivity contribution < 1.29 is 18.0 Å². The molecule has 2 amide bonds. The molecule has 35 heavy (non-hydrogen) atoms. The molecular weight excluding hydrogens is 530 g/mol. The second-order valence-electron chi connectivity index (χ2n) is 9.09. The van der Waals surface area contributed by atoms with Gasteiger partial charge in [0.15, 0.2) is 0 Å². The molecule has 2 aromatic carbocycles. The van der Waals surface area contributed by atoms with E-state index in [2.05, 4.69) is 21.2 Å². The molecule has 1 saturated carbocycles. The summed E-state index contributed by atoms with van der Waals surface area (Å²) >= 11 is 3.43. The van der Waals surface area contributed by atoms with Gasteiger partial charge in [-0.25, -0.2) is 8.42 Å². The lowest BCUT2D eigenvalue weighted by Crippen LogP contribution is -2.49. The van der Waals surface area contributed by atoms with Gasteiger partial charge in [0.1, 0.15) is 6.04 Å². The fourth-order valence-corrected chi connectivity index (χ4v) is 5.59. The minimum atomic E-state index is -3.49. The van der Waals surface area contributed by atoms with Gasteiger partial charge in [-0.15, -0.1) is 0 Å². The Bertz CT molecular complexity index is 1090. The Morgan fingerprint density at radius 1 is 1.06 bits per heavy atom. The second-order valence-corrected chi connectivity index (χ2v) is 11.9. The Kier molecular flexibility index (Phi) is 9.74. The van der Waals surface area contributed by atoms with E-state index in [9.17, 15) is 18.0 Å². The number of halogens is 1.